The van der Waals surface area contributed by atoms with Crippen molar-refractivity contribution in [1.29, 1.82) is 0 Å². The molecule has 1 aromatic rings. The molecular weight excluding hydrogens is 260 g/mol. The fourth-order valence-electron chi connectivity index (χ4n) is 2.99. The van der Waals surface area contributed by atoms with Gasteiger partial charge < -0.3 is 10.6 Å². The largest absolute Gasteiger partial charge is 0.370 e. The Kier molecular flexibility index (Phi) is 6.05. The molecule has 21 heavy (non-hydrogen) atoms. The van der Waals surface area contributed by atoms with Crippen molar-refractivity contribution in [1.82, 2.24) is 9.80 Å². The van der Waals surface area contributed by atoms with Gasteiger partial charge in [0.05, 0.1) is 12.6 Å². The first-order valence-electron chi connectivity index (χ1n) is 8.10. The number of nitrogens with zero attached hydrogens (tertiary/aromatic N) is 3. The molecule has 1 fully saturated rings. The summed E-state index contributed by atoms with van der Waals surface area (Å²) in [6.07, 6.45) is 2.58. The standard InChI is InChI=1S/C17H28N4/c1-3-20(4-2)17(18)19-14-16(21-12-8-9-13-21)15-10-6-5-7-11-15/h5-7,10-11,16H,3-4,8-9,12-14H2,1-2H3,(H2,18,19). The molecule has 0 amide bonds. The second kappa shape index (κ2) is 8.03. The smallest absolute Gasteiger partial charge is 0.191 e. The first kappa shape index (κ1) is 15.8. The highest BCUT2D eigenvalue weighted by molar-refractivity contribution is 5.78. The quantitative estimate of drug-likeness (QED) is 0.646. The van der Waals surface area contributed by atoms with Gasteiger partial charge in [-0.25, -0.2) is 0 Å². The minimum Gasteiger partial charge on any atom is -0.370 e. The van der Waals surface area contributed by atoms with Gasteiger partial charge in [-0.2, -0.15) is 0 Å². The maximum Gasteiger partial charge on any atom is 0.191 e. The lowest BCUT2D eigenvalue weighted by molar-refractivity contribution is 0.251. The summed E-state index contributed by atoms with van der Waals surface area (Å²) in [5.41, 5.74) is 7.46. The Bertz CT molecular complexity index is 433. The van der Waals surface area contributed by atoms with Crippen LogP contribution in [0.4, 0.5) is 0 Å². The molecule has 0 saturated carbocycles. The Hall–Kier alpha value is -1.55. The van der Waals surface area contributed by atoms with E-state index in [0.717, 1.165) is 19.6 Å². The van der Waals surface area contributed by atoms with Crippen molar-refractivity contribution in [3.63, 3.8) is 0 Å². The van der Waals surface area contributed by atoms with E-state index in [0.29, 0.717) is 12.0 Å². The lowest BCUT2D eigenvalue weighted by atomic mass is 10.1. The molecule has 4 nitrogen and oxygen atoms in total. The molecule has 1 atom stereocenters. The molecule has 1 aliphatic rings. The number of rotatable bonds is 6. The van der Waals surface area contributed by atoms with Gasteiger partial charge in [-0.15, -0.1) is 0 Å². The van der Waals surface area contributed by atoms with Crippen LogP contribution in [0.1, 0.15) is 38.3 Å². The van der Waals surface area contributed by atoms with Gasteiger partial charge in [0.25, 0.3) is 0 Å². The first-order chi connectivity index (χ1) is 10.3. The van der Waals surface area contributed by atoms with Gasteiger partial charge in [-0.05, 0) is 45.3 Å². The number of nitrogens with two attached hydrogens (primary N) is 1. The predicted molar refractivity (Wildman–Crippen MR) is 89.4 cm³/mol. The number of likely N-dealkylation sites (tertiary alicyclic amines) is 1. The fourth-order valence-corrected chi connectivity index (χ4v) is 2.99. The summed E-state index contributed by atoms with van der Waals surface area (Å²) in [6, 6.07) is 11.0. The van der Waals surface area contributed by atoms with E-state index in [1.807, 2.05) is 0 Å². The average molecular weight is 288 g/mol. The number of benzene rings is 1. The van der Waals surface area contributed by atoms with E-state index in [9.17, 15) is 0 Å². The van der Waals surface area contributed by atoms with Gasteiger partial charge in [0.2, 0.25) is 0 Å². The van der Waals surface area contributed by atoms with Crippen LogP contribution >= 0.6 is 0 Å². The van der Waals surface area contributed by atoms with E-state index in [4.69, 9.17) is 5.73 Å². The van der Waals surface area contributed by atoms with Crippen molar-refractivity contribution < 1.29 is 0 Å². The molecule has 1 heterocycles. The van der Waals surface area contributed by atoms with Crippen LogP contribution in [-0.4, -0.2) is 48.5 Å². The van der Waals surface area contributed by atoms with Crippen LogP contribution in [0.25, 0.3) is 0 Å². The molecule has 1 aromatic carbocycles. The van der Waals surface area contributed by atoms with Crippen LogP contribution in [0.3, 0.4) is 0 Å². The van der Waals surface area contributed by atoms with Crippen molar-refractivity contribution in [2.45, 2.75) is 32.7 Å². The zero-order valence-electron chi connectivity index (χ0n) is 13.3. The number of aliphatic imine (C=N–C) groups is 1. The van der Waals surface area contributed by atoms with Gasteiger partial charge >= 0.3 is 0 Å². The van der Waals surface area contributed by atoms with Crippen LogP contribution in [0.5, 0.6) is 0 Å². The molecule has 0 aliphatic carbocycles. The van der Waals surface area contributed by atoms with Gasteiger partial charge in [0, 0.05) is 13.1 Å². The second-order valence-corrected chi connectivity index (χ2v) is 5.54. The first-order valence-corrected chi connectivity index (χ1v) is 8.10. The molecule has 0 aromatic heterocycles. The monoisotopic (exact) mass is 288 g/mol. The van der Waals surface area contributed by atoms with Crippen molar-refractivity contribution >= 4 is 5.96 Å². The van der Waals surface area contributed by atoms with Crippen molar-refractivity contribution in [2.24, 2.45) is 10.7 Å². The van der Waals surface area contributed by atoms with E-state index in [1.165, 1.54) is 31.5 Å². The molecule has 116 valence electrons. The van der Waals surface area contributed by atoms with Crippen LogP contribution in [-0.2, 0) is 0 Å². The Morgan fingerprint density at radius 2 is 1.81 bits per heavy atom. The highest BCUT2D eigenvalue weighted by Gasteiger charge is 2.23. The third-order valence-corrected chi connectivity index (χ3v) is 4.28. The zero-order valence-corrected chi connectivity index (χ0v) is 13.3. The van der Waals surface area contributed by atoms with Crippen LogP contribution in [0.2, 0.25) is 0 Å². The molecular formula is C17H28N4. The molecule has 2 N–H and O–H groups in total. The number of hydrogen-bond donors (Lipinski definition) is 1. The summed E-state index contributed by atoms with van der Waals surface area (Å²) < 4.78 is 0. The Balaban J connectivity index is 2.11. The number of guanidine groups is 1. The van der Waals surface area contributed by atoms with Crippen LogP contribution < -0.4 is 5.73 Å². The Labute approximate surface area is 128 Å². The van der Waals surface area contributed by atoms with Gasteiger partial charge in [-0.3, -0.25) is 9.89 Å². The minimum absolute atomic E-state index is 0.350. The van der Waals surface area contributed by atoms with Crippen LogP contribution in [0.15, 0.2) is 35.3 Å². The summed E-state index contributed by atoms with van der Waals surface area (Å²) in [4.78, 5) is 9.31. The van der Waals surface area contributed by atoms with Crippen LogP contribution in [0, 0.1) is 0 Å². The molecule has 0 spiro atoms. The topological polar surface area (TPSA) is 44.9 Å². The van der Waals surface area contributed by atoms with Crippen molar-refractivity contribution in [3.05, 3.63) is 35.9 Å². The molecule has 1 unspecified atom stereocenters. The van der Waals surface area contributed by atoms with E-state index in [-0.39, 0.29) is 0 Å². The molecule has 2 rings (SSSR count). The normalized spacial score (nSPS) is 17.9. The summed E-state index contributed by atoms with van der Waals surface area (Å²) in [5, 5.41) is 0. The van der Waals surface area contributed by atoms with E-state index < -0.39 is 0 Å². The third kappa shape index (κ3) is 4.21. The third-order valence-electron chi connectivity index (χ3n) is 4.28. The molecule has 0 radical (unpaired) electrons. The van der Waals surface area contributed by atoms with Gasteiger partial charge in [0.1, 0.15) is 0 Å². The van der Waals surface area contributed by atoms with E-state index >= 15 is 0 Å². The lowest BCUT2D eigenvalue weighted by Crippen LogP contribution is -2.38. The summed E-state index contributed by atoms with van der Waals surface area (Å²) in [7, 11) is 0. The zero-order chi connectivity index (χ0) is 15.1. The minimum atomic E-state index is 0.350. The fraction of sp³-hybridized carbons (Fsp3) is 0.588. The second-order valence-electron chi connectivity index (χ2n) is 5.54. The average Bonchev–Trinajstić information content (AvgIpc) is 3.04. The summed E-state index contributed by atoms with van der Waals surface area (Å²) in [6.45, 7) is 9.12. The summed E-state index contributed by atoms with van der Waals surface area (Å²) >= 11 is 0. The molecule has 1 aliphatic heterocycles. The molecule has 1 saturated heterocycles. The highest BCUT2D eigenvalue weighted by atomic mass is 15.3. The highest BCUT2D eigenvalue weighted by Crippen LogP contribution is 2.25. The lowest BCUT2D eigenvalue weighted by Gasteiger charge is -2.27. The number of hydrogen-bond acceptors (Lipinski definition) is 2. The maximum absolute atomic E-state index is 6.12. The maximum atomic E-state index is 6.12. The molecule has 0 bridgehead atoms. The van der Waals surface area contributed by atoms with Crippen molar-refractivity contribution in [3.8, 4) is 0 Å². The Morgan fingerprint density at radius 3 is 2.38 bits per heavy atom. The van der Waals surface area contributed by atoms with E-state index in [2.05, 4.69) is 59.0 Å². The SMILES string of the molecule is CCN(CC)C(N)=NCC(c1ccccc1)N1CCCC1. The Morgan fingerprint density at radius 1 is 1.19 bits per heavy atom. The van der Waals surface area contributed by atoms with E-state index in [1.54, 1.807) is 0 Å². The predicted octanol–water partition coefficient (Wildman–Crippen LogP) is 2.48. The summed E-state index contributed by atoms with van der Waals surface area (Å²) in [5.74, 6) is 0.667. The van der Waals surface area contributed by atoms with Gasteiger partial charge in [-0.1, -0.05) is 30.3 Å². The van der Waals surface area contributed by atoms with Gasteiger partial charge in [0.15, 0.2) is 5.96 Å². The molecule has 4 heteroatoms. The van der Waals surface area contributed by atoms with Crippen molar-refractivity contribution in [2.75, 3.05) is 32.7 Å².